The van der Waals surface area contributed by atoms with Gasteiger partial charge in [0.15, 0.2) is 5.84 Å². The van der Waals surface area contributed by atoms with Gasteiger partial charge in [-0.15, -0.1) is 0 Å². The number of nitrogens with zero attached hydrogens (tertiary/aromatic N) is 2. The fourth-order valence-electron chi connectivity index (χ4n) is 3.14. The summed E-state index contributed by atoms with van der Waals surface area (Å²) in [6.45, 7) is 0. The number of halogens is 5. The first-order valence-corrected chi connectivity index (χ1v) is 9.14. The maximum absolute atomic E-state index is 14.3. The second kappa shape index (κ2) is 6.16. The zero-order valence-corrected chi connectivity index (χ0v) is 15.6. The first-order chi connectivity index (χ1) is 12.3. The van der Waals surface area contributed by atoms with Crippen LogP contribution in [0.3, 0.4) is 0 Å². The lowest BCUT2D eigenvalue weighted by molar-refractivity contribution is -0.318. The molecule has 1 unspecified atom stereocenters. The van der Waals surface area contributed by atoms with Crippen molar-refractivity contribution in [1.29, 1.82) is 0 Å². The lowest BCUT2D eigenvalue weighted by Gasteiger charge is -2.39. The van der Waals surface area contributed by atoms with Gasteiger partial charge in [0.1, 0.15) is 0 Å². The minimum Gasteiger partial charge on any atom is -0.350 e. The van der Waals surface area contributed by atoms with Crippen molar-refractivity contribution in [3.05, 3.63) is 69.2 Å². The maximum Gasteiger partial charge on any atom is 0.456 e. The Morgan fingerprint density at radius 3 is 2.42 bits per heavy atom. The highest BCUT2D eigenvalue weighted by Crippen LogP contribution is 2.53. The molecule has 26 heavy (non-hydrogen) atoms. The number of rotatable bonds is 3. The van der Waals surface area contributed by atoms with Crippen LogP contribution in [-0.2, 0) is 10.6 Å². The van der Waals surface area contributed by atoms with Gasteiger partial charge in [0.2, 0.25) is 0 Å². The van der Waals surface area contributed by atoms with E-state index in [1.807, 2.05) is 0 Å². The van der Waals surface area contributed by atoms with Gasteiger partial charge < -0.3 is 4.84 Å². The Hall–Kier alpha value is -1.73. The predicted octanol–water partition coefficient (Wildman–Crippen LogP) is 5.67. The Kier molecular flexibility index (Phi) is 4.19. The van der Waals surface area contributed by atoms with Crippen LogP contribution in [0.15, 0.2) is 58.2 Å². The van der Waals surface area contributed by atoms with Gasteiger partial charge in [-0.05, 0) is 37.1 Å². The van der Waals surface area contributed by atoms with Crippen molar-refractivity contribution in [1.82, 2.24) is 4.90 Å². The van der Waals surface area contributed by atoms with E-state index in [1.54, 1.807) is 24.3 Å². The molecule has 3 nitrogen and oxygen atoms in total. The van der Waals surface area contributed by atoms with E-state index in [4.69, 9.17) is 16.4 Å². The Morgan fingerprint density at radius 2 is 1.85 bits per heavy atom. The normalized spacial score (nSPS) is 23.0. The van der Waals surface area contributed by atoms with Gasteiger partial charge in [-0.1, -0.05) is 57.0 Å². The van der Waals surface area contributed by atoms with E-state index in [0.29, 0.717) is 18.4 Å². The first-order valence-electron chi connectivity index (χ1n) is 7.97. The summed E-state index contributed by atoms with van der Waals surface area (Å²) in [7, 11) is 0. The van der Waals surface area contributed by atoms with Crippen LogP contribution in [0.25, 0.3) is 0 Å². The molecule has 1 aliphatic carbocycles. The predicted molar refractivity (Wildman–Crippen MR) is 95.8 cm³/mol. The monoisotopic (exact) mass is 444 g/mol. The molecule has 8 heteroatoms. The molecule has 2 aromatic rings. The number of oxime groups is 1. The van der Waals surface area contributed by atoms with Crippen molar-refractivity contribution >= 4 is 33.4 Å². The molecule has 1 heterocycles. The summed E-state index contributed by atoms with van der Waals surface area (Å²) >= 11 is 9.29. The van der Waals surface area contributed by atoms with Crippen LogP contribution in [0.5, 0.6) is 0 Å². The minimum atomic E-state index is -4.71. The van der Waals surface area contributed by atoms with Crippen molar-refractivity contribution in [2.45, 2.75) is 30.8 Å². The highest BCUT2D eigenvalue weighted by atomic mass is 79.9. The summed E-state index contributed by atoms with van der Waals surface area (Å²) in [5, 5.41) is 4.08. The minimum absolute atomic E-state index is 0.0831. The molecule has 1 aliphatic heterocycles. The van der Waals surface area contributed by atoms with Crippen molar-refractivity contribution in [2.24, 2.45) is 5.16 Å². The third kappa shape index (κ3) is 2.77. The van der Waals surface area contributed by atoms with E-state index in [9.17, 15) is 13.2 Å². The summed E-state index contributed by atoms with van der Waals surface area (Å²) in [6.07, 6.45) is -3.41. The highest BCUT2D eigenvalue weighted by Gasteiger charge is 2.69. The molecule has 1 atom stereocenters. The fraction of sp³-hybridized carbons (Fsp3) is 0.278. The van der Waals surface area contributed by atoms with Crippen LogP contribution in [0.1, 0.15) is 24.0 Å². The fourth-order valence-corrected chi connectivity index (χ4v) is 3.60. The van der Waals surface area contributed by atoms with Crippen molar-refractivity contribution in [3.63, 3.8) is 0 Å². The third-order valence-corrected chi connectivity index (χ3v) is 5.21. The van der Waals surface area contributed by atoms with Crippen LogP contribution in [0.2, 0.25) is 5.02 Å². The molecular weight excluding hydrogens is 433 g/mol. The van der Waals surface area contributed by atoms with Crippen LogP contribution in [-0.4, -0.2) is 23.0 Å². The molecule has 0 radical (unpaired) electrons. The average Bonchev–Trinajstić information content (AvgIpc) is 3.33. The van der Waals surface area contributed by atoms with Gasteiger partial charge >= 0.3 is 11.9 Å². The average molecular weight is 446 g/mol. The van der Waals surface area contributed by atoms with E-state index in [2.05, 4.69) is 21.1 Å². The van der Waals surface area contributed by atoms with Crippen molar-refractivity contribution < 1.29 is 18.0 Å². The molecule has 2 aromatic carbocycles. The molecule has 1 fully saturated rings. The summed E-state index contributed by atoms with van der Waals surface area (Å²) < 4.78 is 43.8. The lowest BCUT2D eigenvalue weighted by atomic mass is 9.98. The SMILES string of the molecule is FC(F)(F)C1(c2cccc(Cl)c2)ON=C(c2ccc(Br)cc2)N1C1CC1. The van der Waals surface area contributed by atoms with Crippen LogP contribution >= 0.6 is 27.5 Å². The molecule has 2 aliphatic rings. The molecule has 136 valence electrons. The molecule has 0 N–H and O–H groups in total. The number of alkyl halides is 3. The summed E-state index contributed by atoms with van der Waals surface area (Å²) in [6, 6.07) is 12.3. The molecule has 0 saturated heterocycles. The quantitative estimate of drug-likeness (QED) is 0.608. The highest BCUT2D eigenvalue weighted by molar-refractivity contribution is 9.10. The van der Waals surface area contributed by atoms with E-state index in [-0.39, 0.29) is 22.5 Å². The topological polar surface area (TPSA) is 24.8 Å². The number of amidine groups is 1. The second-order valence-electron chi connectivity index (χ2n) is 6.27. The molecule has 0 bridgehead atoms. The number of hydrogen-bond donors (Lipinski definition) is 0. The molecule has 4 rings (SSSR count). The van der Waals surface area contributed by atoms with E-state index in [0.717, 1.165) is 4.47 Å². The van der Waals surface area contributed by atoms with Gasteiger partial charge in [-0.25, -0.2) is 0 Å². The summed E-state index contributed by atoms with van der Waals surface area (Å²) in [5.74, 6) is 0.178. The molecule has 0 amide bonds. The largest absolute Gasteiger partial charge is 0.456 e. The van der Waals surface area contributed by atoms with Crippen molar-refractivity contribution in [2.75, 3.05) is 0 Å². The molecule has 1 saturated carbocycles. The van der Waals surface area contributed by atoms with Crippen LogP contribution in [0, 0.1) is 0 Å². The van der Waals surface area contributed by atoms with Gasteiger partial charge in [0.25, 0.3) is 0 Å². The van der Waals surface area contributed by atoms with Crippen molar-refractivity contribution in [3.8, 4) is 0 Å². The smallest absolute Gasteiger partial charge is 0.350 e. The van der Waals surface area contributed by atoms with E-state index < -0.39 is 11.9 Å². The van der Waals surface area contributed by atoms with E-state index in [1.165, 1.54) is 29.2 Å². The Balaban J connectivity index is 1.86. The van der Waals surface area contributed by atoms with E-state index >= 15 is 0 Å². The Morgan fingerprint density at radius 1 is 1.15 bits per heavy atom. The number of benzene rings is 2. The molecular formula is C18H13BrClF3N2O. The summed E-state index contributed by atoms with van der Waals surface area (Å²) in [4.78, 5) is 6.43. The van der Waals surface area contributed by atoms with Crippen LogP contribution in [0.4, 0.5) is 13.2 Å². The zero-order chi connectivity index (χ0) is 18.5. The zero-order valence-electron chi connectivity index (χ0n) is 13.3. The number of hydrogen-bond acceptors (Lipinski definition) is 3. The maximum atomic E-state index is 14.3. The second-order valence-corrected chi connectivity index (χ2v) is 7.62. The van der Waals surface area contributed by atoms with Gasteiger partial charge in [-0.2, -0.15) is 13.2 Å². The third-order valence-electron chi connectivity index (χ3n) is 4.45. The lowest BCUT2D eigenvalue weighted by Crippen LogP contribution is -2.57. The summed E-state index contributed by atoms with van der Waals surface area (Å²) in [5.41, 5.74) is -2.20. The van der Waals surface area contributed by atoms with Gasteiger partial charge in [0.05, 0.1) is 0 Å². The molecule has 0 spiro atoms. The Labute approximate surface area is 161 Å². The van der Waals surface area contributed by atoms with Gasteiger partial charge in [-0.3, -0.25) is 4.90 Å². The Bertz CT molecular complexity index is 867. The molecule has 0 aromatic heterocycles. The van der Waals surface area contributed by atoms with Crippen LogP contribution < -0.4 is 0 Å². The first kappa shape index (κ1) is 17.7. The van der Waals surface area contributed by atoms with Gasteiger partial charge in [0, 0.05) is 26.7 Å². The standard InChI is InChI=1S/C18H13BrClF3N2O/c19-13-6-4-11(5-7-13)16-24-26-17(18(21,22)23,25(16)15-8-9-15)12-2-1-3-14(20)10-12/h1-7,10,15H,8-9H2.